The molecule has 9 heteroatoms. The van der Waals surface area contributed by atoms with Crippen molar-refractivity contribution < 1.29 is 32.9 Å². The summed E-state index contributed by atoms with van der Waals surface area (Å²) in [4.78, 5) is 23.5. The Morgan fingerprint density at radius 2 is 0.565 bits per heavy atom. The van der Waals surface area contributed by atoms with E-state index in [0.717, 1.165) is 38.5 Å². The Hall–Kier alpha value is -0.500. The number of quaternary nitrogens is 1. The minimum atomic E-state index is -4.33. The van der Waals surface area contributed by atoms with E-state index in [4.69, 9.17) is 9.05 Å². The minimum Gasteiger partial charge on any atom is -0.391 e. The van der Waals surface area contributed by atoms with Crippen LogP contribution in [0.2, 0.25) is 0 Å². The maximum atomic E-state index is 13.1. The van der Waals surface area contributed by atoms with Gasteiger partial charge in [-0.05, 0) is 12.8 Å². The van der Waals surface area contributed by atoms with Crippen LogP contribution in [0.4, 0.5) is 0 Å². The van der Waals surface area contributed by atoms with Gasteiger partial charge in [-0.15, -0.1) is 0 Å². The number of nitrogens with one attached hydrogen (secondary N) is 1. The van der Waals surface area contributed by atoms with Gasteiger partial charge < -0.3 is 19.8 Å². The molecule has 0 heterocycles. The molecule has 3 atom stereocenters. The number of aliphatic hydroxyl groups is 1. The molecule has 0 aliphatic rings. The van der Waals surface area contributed by atoms with Gasteiger partial charge in [0.05, 0.1) is 39.9 Å². The van der Waals surface area contributed by atoms with E-state index in [0.29, 0.717) is 23.9 Å². The molecule has 0 aromatic heterocycles. The Morgan fingerprint density at radius 3 is 0.788 bits per heavy atom. The highest BCUT2D eigenvalue weighted by atomic mass is 31.2. The topological polar surface area (TPSA) is 105 Å². The summed E-state index contributed by atoms with van der Waals surface area (Å²) >= 11 is 0. The predicted octanol–water partition coefficient (Wildman–Crippen LogP) is 25.1. The van der Waals surface area contributed by atoms with Crippen LogP contribution in [-0.2, 0) is 18.4 Å². The highest BCUT2D eigenvalue weighted by molar-refractivity contribution is 7.47. The second kappa shape index (κ2) is 67.9. The van der Waals surface area contributed by atoms with E-state index >= 15 is 0 Å². The molecule has 0 spiro atoms. The normalized spacial score (nSPS) is 13.4. The van der Waals surface area contributed by atoms with Crippen molar-refractivity contribution in [2.24, 2.45) is 0 Å². The molecule has 8 nitrogen and oxygen atoms in total. The molecule has 510 valence electrons. The summed E-state index contributed by atoms with van der Waals surface area (Å²) in [5.74, 6) is -0.132. The van der Waals surface area contributed by atoms with Crippen molar-refractivity contribution in [3.63, 3.8) is 0 Å². The third-order valence-corrected chi connectivity index (χ3v) is 19.6. The molecule has 85 heavy (non-hydrogen) atoms. The number of rotatable bonds is 74. The molecule has 3 N–H and O–H groups in total. The number of nitrogens with zero attached hydrogens (tertiary/aromatic N) is 1. The Bertz CT molecular complexity index is 1350. The zero-order chi connectivity index (χ0) is 61.9. The third kappa shape index (κ3) is 70.8. The van der Waals surface area contributed by atoms with Crippen LogP contribution in [0.5, 0.6) is 0 Å². The maximum Gasteiger partial charge on any atom is 0.472 e. The SMILES string of the molecule is CCCCCCCCCCCCCCCCCCCCCCCCCCCCCCCCCCCC(=O)NC(COP(=O)(O)OCC[N+](C)(C)C)C(O)CCCCCCCCCCCCCCCCCCCCCCCCCCCCCCCC. The van der Waals surface area contributed by atoms with Crippen molar-refractivity contribution in [1.82, 2.24) is 5.32 Å². The molecule has 0 saturated heterocycles. The van der Waals surface area contributed by atoms with Crippen molar-refractivity contribution in [1.29, 1.82) is 0 Å². The van der Waals surface area contributed by atoms with Crippen molar-refractivity contribution in [3.8, 4) is 0 Å². The fourth-order valence-corrected chi connectivity index (χ4v) is 13.3. The zero-order valence-electron chi connectivity index (χ0n) is 58.7. The van der Waals surface area contributed by atoms with Gasteiger partial charge in [-0.25, -0.2) is 4.57 Å². The number of unbranched alkanes of at least 4 members (excludes halogenated alkanes) is 61. The molecule has 0 saturated carbocycles. The smallest absolute Gasteiger partial charge is 0.391 e. The van der Waals surface area contributed by atoms with Gasteiger partial charge in [0.2, 0.25) is 5.91 Å². The largest absolute Gasteiger partial charge is 0.472 e. The van der Waals surface area contributed by atoms with Crippen molar-refractivity contribution >= 4 is 13.7 Å². The van der Waals surface area contributed by atoms with E-state index in [1.165, 1.54) is 366 Å². The maximum absolute atomic E-state index is 13.1. The summed E-state index contributed by atoms with van der Waals surface area (Å²) < 4.78 is 24.0. The first-order chi connectivity index (χ1) is 41.5. The van der Waals surface area contributed by atoms with Gasteiger partial charge in [0, 0.05) is 6.42 Å². The van der Waals surface area contributed by atoms with Gasteiger partial charge in [-0.3, -0.25) is 13.8 Å². The summed E-state index contributed by atoms with van der Waals surface area (Å²) in [6.07, 6.45) is 86.7. The number of hydrogen-bond acceptors (Lipinski definition) is 5. The van der Waals surface area contributed by atoms with Crippen LogP contribution in [0.3, 0.4) is 0 Å². The highest BCUT2D eigenvalue weighted by Gasteiger charge is 2.28. The summed E-state index contributed by atoms with van der Waals surface area (Å²) in [7, 11) is 1.65. The fraction of sp³-hybridized carbons (Fsp3) is 0.987. The number of carbonyl (C=O) groups excluding carboxylic acids is 1. The van der Waals surface area contributed by atoms with E-state index in [-0.39, 0.29) is 19.1 Å². The quantitative estimate of drug-likeness (QED) is 0.0318. The van der Waals surface area contributed by atoms with Gasteiger partial charge in [-0.1, -0.05) is 412 Å². The number of aliphatic hydroxyl groups excluding tert-OH is 1. The van der Waals surface area contributed by atoms with Crippen molar-refractivity contribution in [2.75, 3.05) is 40.9 Å². The first-order valence-electron chi connectivity index (χ1n) is 38.9. The lowest BCUT2D eigenvalue weighted by Gasteiger charge is -2.26. The molecule has 0 bridgehead atoms. The van der Waals surface area contributed by atoms with Gasteiger partial charge in [0.15, 0.2) is 0 Å². The average Bonchev–Trinajstić information content (AvgIpc) is 3.49. The molecule has 0 aromatic carbocycles. The van der Waals surface area contributed by atoms with Gasteiger partial charge in [0.25, 0.3) is 0 Å². The molecule has 0 rings (SSSR count). The number of hydrogen-bond donors (Lipinski definition) is 3. The van der Waals surface area contributed by atoms with E-state index in [9.17, 15) is 19.4 Å². The summed E-state index contributed by atoms with van der Waals surface area (Å²) in [5, 5.41) is 14.2. The molecule has 1 amide bonds. The summed E-state index contributed by atoms with van der Waals surface area (Å²) in [5.41, 5.74) is 0. The first-order valence-corrected chi connectivity index (χ1v) is 40.4. The van der Waals surface area contributed by atoms with Gasteiger partial charge >= 0.3 is 7.82 Å². The first kappa shape index (κ1) is 84.5. The lowest BCUT2D eigenvalue weighted by atomic mass is 10.0. The Morgan fingerprint density at radius 1 is 0.353 bits per heavy atom. The predicted molar refractivity (Wildman–Crippen MR) is 374 cm³/mol. The molecular formula is C76H156N2O6P+. The van der Waals surface area contributed by atoms with Crippen LogP contribution in [0, 0.1) is 0 Å². The van der Waals surface area contributed by atoms with Crippen LogP contribution in [-0.4, -0.2) is 73.4 Å². The van der Waals surface area contributed by atoms with E-state index in [2.05, 4.69) is 19.2 Å². The Kier molecular flexibility index (Phi) is 67.5. The van der Waals surface area contributed by atoms with Crippen LogP contribution in [0.1, 0.15) is 431 Å². The van der Waals surface area contributed by atoms with Crippen LogP contribution in [0.15, 0.2) is 0 Å². The van der Waals surface area contributed by atoms with E-state index < -0.39 is 20.0 Å². The minimum absolute atomic E-state index is 0.0796. The van der Waals surface area contributed by atoms with Crippen molar-refractivity contribution in [2.45, 2.75) is 443 Å². The zero-order valence-corrected chi connectivity index (χ0v) is 59.6. The number of carbonyl (C=O) groups is 1. The average molecular weight is 1230 g/mol. The fourth-order valence-electron chi connectivity index (χ4n) is 12.6. The molecule has 0 aromatic rings. The Balaban J connectivity index is 3.91. The molecule has 0 fully saturated rings. The second-order valence-electron chi connectivity index (χ2n) is 28.5. The Labute approximate surface area is 533 Å². The molecular weight excluding hydrogens is 1070 g/mol. The number of phosphoric ester groups is 1. The summed E-state index contributed by atoms with van der Waals surface area (Å²) in [6.45, 7) is 4.98. The molecule has 0 radical (unpaired) electrons. The van der Waals surface area contributed by atoms with E-state index in [1.54, 1.807) is 0 Å². The van der Waals surface area contributed by atoms with Crippen molar-refractivity contribution in [3.05, 3.63) is 0 Å². The van der Waals surface area contributed by atoms with Crippen LogP contribution >= 0.6 is 7.82 Å². The second-order valence-corrected chi connectivity index (χ2v) is 29.9. The molecule has 0 aliphatic carbocycles. The van der Waals surface area contributed by atoms with E-state index in [1.807, 2.05) is 21.1 Å². The van der Waals surface area contributed by atoms with Crippen LogP contribution < -0.4 is 5.32 Å². The molecule has 3 unspecified atom stereocenters. The standard InChI is InChI=1S/C76H155N2O6P/c1-6-8-10-12-14-16-18-20-22-24-26-28-30-32-34-36-38-39-40-42-44-46-48-50-52-54-56-58-60-62-64-66-68-70-76(80)77-74(73-84-85(81,82)83-72-71-78(3,4)5)75(79)69-67-65-63-61-59-57-55-53-51-49-47-45-43-41-37-35-33-31-29-27-25-23-21-19-17-15-13-11-9-7-2/h74-75,79H,6-73H2,1-5H3,(H-,77,80,81,82)/p+1. The number of likely N-dealkylation sites (N-methyl/N-ethyl adjacent to an activating group) is 1. The number of amides is 1. The summed E-state index contributed by atoms with van der Waals surface area (Å²) in [6, 6.07) is -0.758. The lowest BCUT2D eigenvalue weighted by molar-refractivity contribution is -0.870. The third-order valence-electron chi connectivity index (χ3n) is 18.6. The number of phosphoric acid groups is 1. The van der Waals surface area contributed by atoms with Gasteiger partial charge in [0.1, 0.15) is 13.2 Å². The highest BCUT2D eigenvalue weighted by Crippen LogP contribution is 2.43. The van der Waals surface area contributed by atoms with Crippen LogP contribution in [0.25, 0.3) is 0 Å². The lowest BCUT2D eigenvalue weighted by Crippen LogP contribution is -2.46. The monoisotopic (exact) mass is 1220 g/mol. The van der Waals surface area contributed by atoms with Gasteiger partial charge in [-0.2, -0.15) is 0 Å². The molecule has 0 aliphatic heterocycles.